The standard InChI is InChI=1S/C22H24N2O4S/c1-13-6-8-15(9-7-13)21-17-12-19(27-4)18(26-3)10-16(17)11-20(23-24-21)29-14(2)22(25)28-5/h6-10,12,14H,11H2,1-5H3. The SMILES string of the molecule is COC(=O)C(C)SC1=NN=C(c2ccc(C)cc2)c2cc(OC)c(OC)cc2C1. The van der Waals surface area contributed by atoms with Crippen LogP contribution in [0.15, 0.2) is 46.6 Å². The van der Waals surface area contributed by atoms with E-state index in [0.29, 0.717) is 17.9 Å². The van der Waals surface area contributed by atoms with Crippen LogP contribution in [-0.2, 0) is 16.0 Å². The molecule has 0 radical (unpaired) electrons. The number of ether oxygens (including phenoxy) is 3. The van der Waals surface area contributed by atoms with Crippen LogP contribution in [0.3, 0.4) is 0 Å². The molecular weight excluding hydrogens is 388 g/mol. The Morgan fingerprint density at radius 1 is 1.03 bits per heavy atom. The van der Waals surface area contributed by atoms with Crippen molar-refractivity contribution in [1.82, 2.24) is 0 Å². The third-order valence-electron chi connectivity index (χ3n) is 4.64. The molecule has 0 saturated carbocycles. The van der Waals surface area contributed by atoms with Crippen LogP contribution in [0, 0.1) is 6.92 Å². The lowest BCUT2D eigenvalue weighted by Gasteiger charge is -2.15. The van der Waals surface area contributed by atoms with Crippen LogP contribution < -0.4 is 9.47 Å². The van der Waals surface area contributed by atoms with Gasteiger partial charge < -0.3 is 14.2 Å². The molecule has 1 aliphatic rings. The van der Waals surface area contributed by atoms with Crippen LogP contribution in [0.25, 0.3) is 0 Å². The van der Waals surface area contributed by atoms with Gasteiger partial charge in [0.05, 0.1) is 21.3 Å². The van der Waals surface area contributed by atoms with E-state index in [-0.39, 0.29) is 11.2 Å². The highest BCUT2D eigenvalue weighted by atomic mass is 32.2. The second-order valence-corrected chi connectivity index (χ2v) is 8.05. The highest BCUT2D eigenvalue weighted by Gasteiger charge is 2.24. The van der Waals surface area contributed by atoms with E-state index in [0.717, 1.165) is 27.4 Å². The maximum atomic E-state index is 11.8. The number of hydrogen-bond donors (Lipinski definition) is 0. The van der Waals surface area contributed by atoms with Gasteiger partial charge in [-0.25, -0.2) is 0 Å². The van der Waals surface area contributed by atoms with Crippen LogP contribution in [-0.4, -0.2) is 43.3 Å². The first kappa shape index (κ1) is 20.9. The summed E-state index contributed by atoms with van der Waals surface area (Å²) in [7, 11) is 4.60. The second-order valence-electron chi connectivity index (χ2n) is 6.63. The predicted octanol–water partition coefficient (Wildman–Crippen LogP) is 4.01. The summed E-state index contributed by atoms with van der Waals surface area (Å²) in [4.78, 5) is 11.8. The summed E-state index contributed by atoms with van der Waals surface area (Å²) in [6, 6.07) is 12.0. The minimum atomic E-state index is -0.376. The van der Waals surface area contributed by atoms with Gasteiger partial charge in [-0.3, -0.25) is 4.79 Å². The molecule has 0 spiro atoms. The fourth-order valence-corrected chi connectivity index (χ4v) is 3.98. The van der Waals surface area contributed by atoms with Gasteiger partial charge in [0, 0.05) is 17.5 Å². The molecule has 1 unspecified atom stereocenters. The number of carbonyl (C=O) groups excluding carboxylic acids is 1. The van der Waals surface area contributed by atoms with Gasteiger partial charge in [0.25, 0.3) is 0 Å². The Kier molecular flexibility index (Phi) is 6.59. The van der Waals surface area contributed by atoms with Crippen LogP contribution in [0.2, 0.25) is 0 Å². The normalized spacial score (nSPS) is 14.1. The molecule has 0 bridgehead atoms. The van der Waals surface area contributed by atoms with Crippen molar-refractivity contribution in [2.45, 2.75) is 25.5 Å². The molecule has 1 heterocycles. The molecule has 2 aromatic carbocycles. The molecule has 7 heteroatoms. The molecule has 0 aromatic heterocycles. The third kappa shape index (κ3) is 4.62. The number of benzene rings is 2. The van der Waals surface area contributed by atoms with E-state index in [1.54, 1.807) is 21.1 Å². The Hall–Kier alpha value is -2.80. The minimum absolute atomic E-state index is 0.294. The van der Waals surface area contributed by atoms with E-state index >= 15 is 0 Å². The lowest BCUT2D eigenvalue weighted by atomic mass is 9.95. The van der Waals surface area contributed by atoms with E-state index in [4.69, 9.17) is 14.2 Å². The molecule has 0 amide bonds. The molecule has 152 valence electrons. The fourth-order valence-electron chi connectivity index (χ4n) is 3.05. The van der Waals surface area contributed by atoms with Crippen LogP contribution in [0.5, 0.6) is 11.5 Å². The molecular formula is C22H24N2O4S. The second kappa shape index (κ2) is 9.13. The number of esters is 1. The summed E-state index contributed by atoms with van der Waals surface area (Å²) in [6.07, 6.45) is 0.528. The van der Waals surface area contributed by atoms with Crippen LogP contribution in [0.1, 0.15) is 29.2 Å². The van der Waals surface area contributed by atoms with Gasteiger partial charge in [-0.2, -0.15) is 0 Å². The first-order valence-corrected chi connectivity index (χ1v) is 10.1. The molecule has 0 fully saturated rings. The van der Waals surface area contributed by atoms with Crippen molar-refractivity contribution in [1.29, 1.82) is 0 Å². The summed E-state index contributed by atoms with van der Waals surface area (Å²) < 4.78 is 15.8. The predicted molar refractivity (Wildman–Crippen MR) is 117 cm³/mol. The van der Waals surface area contributed by atoms with Gasteiger partial charge in [-0.05, 0) is 31.5 Å². The quantitative estimate of drug-likeness (QED) is 0.694. The van der Waals surface area contributed by atoms with E-state index in [1.165, 1.54) is 24.4 Å². The van der Waals surface area contributed by atoms with Gasteiger partial charge in [-0.15, -0.1) is 10.2 Å². The Balaban J connectivity index is 2.10. The lowest BCUT2D eigenvalue weighted by molar-refractivity contribution is -0.139. The van der Waals surface area contributed by atoms with E-state index in [2.05, 4.69) is 10.2 Å². The van der Waals surface area contributed by atoms with Gasteiger partial charge in [0.15, 0.2) is 11.5 Å². The Morgan fingerprint density at radius 2 is 1.69 bits per heavy atom. The highest BCUT2D eigenvalue weighted by Crippen LogP contribution is 2.34. The maximum Gasteiger partial charge on any atom is 0.318 e. The summed E-state index contributed by atoms with van der Waals surface area (Å²) >= 11 is 1.35. The van der Waals surface area contributed by atoms with Crippen molar-refractivity contribution in [3.8, 4) is 11.5 Å². The van der Waals surface area contributed by atoms with Crippen molar-refractivity contribution < 1.29 is 19.0 Å². The summed E-state index contributed by atoms with van der Waals surface area (Å²) in [5, 5.41) is 9.37. The third-order valence-corrected chi connectivity index (χ3v) is 5.68. The number of thioether (sulfide) groups is 1. The summed E-state index contributed by atoms with van der Waals surface area (Å²) in [6.45, 7) is 3.84. The molecule has 0 aliphatic carbocycles. The number of fused-ring (bicyclic) bond motifs is 1. The van der Waals surface area contributed by atoms with E-state index in [9.17, 15) is 4.79 Å². The van der Waals surface area contributed by atoms with Gasteiger partial charge in [-0.1, -0.05) is 41.6 Å². The molecule has 3 rings (SSSR count). The monoisotopic (exact) mass is 412 g/mol. The maximum absolute atomic E-state index is 11.8. The van der Waals surface area contributed by atoms with Crippen molar-refractivity contribution in [3.63, 3.8) is 0 Å². The number of rotatable bonds is 5. The number of nitrogens with zero attached hydrogens (tertiary/aromatic N) is 2. The highest BCUT2D eigenvalue weighted by molar-refractivity contribution is 8.15. The smallest absolute Gasteiger partial charge is 0.318 e. The van der Waals surface area contributed by atoms with Gasteiger partial charge in [0.1, 0.15) is 16.0 Å². The minimum Gasteiger partial charge on any atom is -0.493 e. The Labute approximate surface area is 175 Å². The Bertz CT molecular complexity index is 968. The number of carbonyl (C=O) groups is 1. The van der Waals surface area contributed by atoms with E-state index < -0.39 is 0 Å². The largest absolute Gasteiger partial charge is 0.493 e. The number of hydrogen-bond acceptors (Lipinski definition) is 7. The molecule has 29 heavy (non-hydrogen) atoms. The molecule has 6 nitrogen and oxygen atoms in total. The molecule has 1 atom stereocenters. The average Bonchev–Trinajstić information content (AvgIpc) is 2.91. The van der Waals surface area contributed by atoms with Crippen molar-refractivity contribution in [2.24, 2.45) is 10.2 Å². The van der Waals surface area contributed by atoms with Crippen molar-refractivity contribution in [3.05, 3.63) is 58.7 Å². The Morgan fingerprint density at radius 3 is 2.31 bits per heavy atom. The van der Waals surface area contributed by atoms with Crippen LogP contribution >= 0.6 is 11.8 Å². The van der Waals surface area contributed by atoms with Crippen LogP contribution in [0.4, 0.5) is 0 Å². The van der Waals surface area contributed by atoms with Crippen molar-refractivity contribution in [2.75, 3.05) is 21.3 Å². The van der Waals surface area contributed by atoms with Crippen molar-refractivity contribution >= 4 is 28.5 Å². The summed E-state index contributed by atoms with van der Waals surface area (Å²) in [5.41, 5.74) is 4.81. The molecule has 0 saturated heterocycles. The lowest BCUT2D eigenvalue weighted by Crippen LogP contribution is -2.17. The first-order valence-electron chi connectivity index (χ1n) is 9.18. The average molecular weight is 413 g/mol. The zero-order valence-corrected chi connectivity index (χ0v) is 18.0. The molecule has 1 aliphatic heterocycles. The first-order chi connectivity index (χ1) is 14.0. The summed E-state index contributed by atoms with van der Waals surface area (Å²) in [5.74, 6) is 0.976. The zero-order valence-electron chi connectivity index (χ0n) is 17.2. The fraction of sp³-hybridized carbons (Fsp3) is 0.318. The van der Waals surface area contributed by atoms with E-state index in [1.807, 2.05) is 43.3 Å². The van der Waals surface area contributed by atoms with Gasteiger partial charge in [0.2, 0.25) is 0 Å². The molecule has 2 aromatic rings. The number of methoxy groups -OCH3 is 3. The number of aryl methyl sites for hydroxylation is 1. The molecule has 0 N–H and O–H groups in total. The van der Waals surface area contributed by atoms with Gasteiger partial charge >= 0.3 is 5.97 Å². The topological polar surface area (TPSA) is 69.5 Å². The zero-order chi connectivity index (χ0) is 21.0.